The zero-order valence-corrected chi connectivity index (χ0v) is 10.8. The molecule has 5 heteroatoms. The molecule has 0 N–H and O–H groups in total. The molecule has 3 heterocycles. The molecular weight excluding hydrogens is 230 g/mol. The molecule has 0 saturated carbocycles. The largest absolute Gasteiger partial charge is 0.477 e. The second-order valence-electron chi connectivity index (χ2n) is 5.12. The van der Waals surface area contributed by atoms with E-state index in [2.05, 4.69) is 14.9 Å². The number of hydrogen-bond acceptors (Lipinski definition) is 5. The fraction of sp³-hybridized carbons (Fsp3) is 0.692. The van der Waals surface area contributed by atoms with Crippen molar-refractivity contribution in [1.82, 2.24) is 9.97 Å². The van der Waals surface area contributed by atoms with Gasteiger partial charge in [-0.15, -0.1) is 0 Å². The highest BCUT2D eigenvalue weighted by Crippen LogP contribution is 2.39. The second-order valence-corrected chi connectivity index (χ2v) is 5.12. The zero-order chi connectivity index (χ0) is 12.4. The van der Waals surface area contributed by atoms with Crippen molar-refractivity contribution in [2.75, 3.05) is 37.8 Å². The van der Waals surface area contributed by atoms with Crippen LogP contribution in [0.5, 0.6) is 5.88 Å². The maximum absolute atomic E-state index is 5.54. The van der Waals surface area contributed by atoms with Crippen molar-refractivity contribution in [1.29, 1.82) is 0 Å². The third-order valence-corrected chi connectivity index (χ3v) is 3.84. The van der Waals surface area contributed by atoms with Crippen molar-refractivity contribution in [3.05, 3.63) is 12.4 Å². The highest BCUT2D eigenvalue weighted by Gasteiger charge is 2.41. The predicted molar refractivity (Wildman–Crippen MR) is 67.9 cm³/mol. The van der Waals surface area contributed by atoms with Gasteiger partial charge in [-0.05, 0) is 19.8 Å². The molecule has 0 amide bonds. The van der Waals surface area contributed by atoms with E-state index in [0.717, 1.165) is 32.1 Å². The molecule has 2 aliphatic rings. The van der Waals surface area contributed by atoms with Crippen LogP contribution in [-0.4, -0.2) is 42.9 Å². The van der Waals surface area contributed by atoms with E-state index in [0.29, 0.717) is 17.9 Å². The minimum atomic E-state index is 0.350. The monoisotopic (exact) mass is 249 g/mol. The van der Waals surface area contributed by atoms with Crippen LogP contribution >= 0.6 is 0 Å². The first-order valence-corrected chi connectivity index (χ1v) is 6.59. The quantitative estimate of drug-likeness (QED) is 0.812. The average molecular weight is 249 g/mol. The summed E-state index contributed by atoms with van der Waals surface area (Å²) in [6.45, 7) is 6.43. The summed E-state index contributed by atoms with van der Waals surface area (Å²) in [6.07, 6.45) is 5.84. The summed E-state index contributed by atoms with van der Waals surface area (Å²) >= 11 is 0. The van der Waals surface area contributed by atoms with Crippen molar-refractivity contribution in [2.45, 2.75) is 19.8 Å². The molecule has 0 aliphatic carbocycles. The molecular formula is C13H19N3O2. The lowest BCUT2D eigenvalue weighted by Gasteiger charge is -2.22. The van der Waals surface area contributed by atoms with Gasteiger partial charge in [0, 0.05) is 25.1 Å². The van der Waals surface area contributed by atoms with E-state index >= 15 is 0 Å². The van der Waals surface area contributed by atoms with Gasteiger partial charge >= 0.3 is 0 Å². The van der Waals surface area contributed by atoms with Gasteiger partial charge in [0.25, 0.3) is 0 Å². The van der Waals surface area contributed by atoms with Crippen molar-refractivity contribution in [3.8, 4) is 5.88 Å². The third-order valence-electron chi connectivity index (χ3n) is 3.84. The van der Waals surface area contributed by atoms with Gasteiger partial charge in [0.1, 0.15) is 0 Å². The minimum Gasteiger partial charge on any atom is -0.477 e. The molecule has 18 heavy (non-hydrogen) atoms. The summed E-state index contributed by atoms with van der Waals surface area (Å²) in [4.78, 5) is 11.0. The predicted octanol–water partition coefficient (Wildman–Crippen LogP) is 1.49. The fourth-order valence-corrected chi connectivity index (χ4v) is 2.81. The van der Waals surface area contributed by atoms with E-state index in [1.165, 1.54) is 12.8 Å². The topological polar surface area (TPSA) is 47.5 Å². The lowest BCUT2D eigenvalue weighted by Crippen LogP contribution is -2.28. The molecule has 0 radical (unpaired) electrons. The summed E-state index contributed by atoms with van der Waals surface area (Å²) in [5, 5.41) is 0. The fourth-order valence-electron chi connectivity index (χ4n) is 2.81. The number of anilines is 1. The van der Waals surface area contributed by atoms with Gasteiger partial charge in [-0.1, -0.05) is 0 Å². The van der Waals surface area contributed by atoms with Crippen LogP contribution in [0.15, 0.2) is 12.4 Å². The molecule has 2 saturated heterocycles. The second kappa shape index (κ2) is 4.72. The van der Waals surface area contributed by atoms with E-state index in [-0.39, 0.29) is 0 Å². The van der Waals surface area contributed by atoms with Crippen molar-refractivity contribution < 1.29 is 9.47 Å². The average Bonchev–Trinajstić information content (AvgIpc) is 3.01. The summed E-state index contributed by atoms with van der Waals surface area (Å²) in [5.41, 5.74) is 0.350. The number of rotatable bonds is 3. The van der Waals surface area contributed by atoms with E-state index in [4.69, 9.17) is 9.47 Å². The Labute approximate surface area is 107 Å². The zero-order valence-electron chi connectivity index (χ0n) is 10.8. The van der Waals surface area contributed by atoms with Crippen molar-refractivity contribution in [2.24, 2.45) is 5.41 Å². The molecule has 2 fully saturated rings. The van der Waals surface area contributed by atoms with Crippen molar-refractivity contribution >= 4 is 5.82 Å². The van der Waals surface area contributed by atoms with E-state index in [9.17, 15) is 0 Å². The first-order chi connectivity index (χ1) is 8.81. The Kier molecular flexibility index (Phi) is 3.07. The van der Waals surface area contributed by atoms with Crippen LogP contribution in [-0.2, 0) is 4.74 Å². The Balaban J connectivity index is 1.73. The van der Waals surface area contributed by atoms with Crippen LogP contribution < -0.4 is 9.64 Å². The molecule has 1 unspecified atom stereocenters. The van der Waals surface area contributed by atoms with Crippen LogP contribution in [0.3, 0.4) is 0 Å². The third kappa shape index (κ3) is 2.14. The summed E-state index contributed by atoms with van der Waals surface area (Å²) in [6, 6.07) is 0. The highest BCUT2D eigenvalue weighted by molar-refractivity contribution is 5.39. The Morgan fingerprint density at radius 2 is 2.39 bits per heavy atom. The Morgan fingerprint density at radius 3 is 3.17 bits per heavy atom. The molecule has 0 aromatic carbocycles. The molecule has 3 rings (SSSR count). The Morgan fingerprint density at radius 1 is 1.44 bits per heavy atom. The van der Waals surface area contributed by atoms with Gasteiger partial charge in [0.2, 0.25) is 5.88 Å². The summed E-state index contributed by atoms with van der Waals surface area (Å²) in [5.74, 6) is 1.53. The molecule has 1 aromatic heterocycles. The van der Waals surface area contributed by atoms with E-state index in [1.54, 1.807) is 6.20 Å². The lowest BCUT2D eigenvalue weighted by molar-refractivity contribution is 0.160. The van der Waals surface area contributed by atoms with Gasteiger partial charge in [0.15, 0.2) is 5.82 Å². The SMILES string of the molecule is CCOc1cncc(N2CCC3(CCOC3)C2)n1. The maximum Gasteiger partial charge on any atom is 0.234 e. The van der Waals surface area contributed by atoms with Gasteiger partial charge < -0.3 is 14.4 Å². The number of hydrogen-bond donors (Lipinski definition) is 0. The van der Waals surface area contributed by atoms with Gasteiger partial charge in [-0.2, -0.15) is 4.98 Å². The van der Waals surface area contributed by atoms with Gasteiger partial charge in [-0.25, -0.2) is 0 Å². The van der Waals surface area contributed by atoms with Crippen LogP contribution in [0.1, 0.15) is 19.8 Å². The summed E-state index contributed by atoms with van der Waals surface area (Å²) < 4.78 is 10.9. The van der Waals surface area contributed by atoms with Gasteiger partial charge in [-0.3, -0.25) is 4.98 Å². The molecule has 1 atom stereocenters. The van der Waals surface area contributed by atoms with Crippen LogP contribution in [0.25, 0.3) is 0 Å². The highest BCUT2D eigenvalue weighted by atomic mass is 16.5. The normalized spacial score (nSPS) is 27.1. The smallest absolute Gasteiger partial charge is 0.234 e. The van der Waals surface area contributed by atoms with Crippen LogP contribution in [0.4, 0.5) is 5.82 Å². The lowest BCUT2D eigenvalue weighted by atomic mass is 9.87. The Hall–Kier alpha value is -1.36. The van der Waals surface area contributed by atoms with Gasteiger partial charge in [0.05, 0.1) is 25.6 Å². The number of nitrogens with zero attached hydrogens (tertiary/aromatic N) is 3. The Bertz CT molecular complexity index is 418. The summed E-state index contributed by atoms with van der Waals surface area (Å²) in [7, 11) is 0. The van der Waals surface area contributed by atoms with E-state index in [1.807, 2.05) is 13.1 Å². The van der Waals surface area contributed by atoms with Crippen molar-refractivity contribution in [3.63, 3.8) is 0 Å². The maximum atomic E-state index is 5.54. The molecule has 2 aliphatic heterocycles. The first kappa shape index (κ1) is 11.7. The molecule has 98 valence electrons. The molecule has 5 nitrogen and oxygen atoms in total. The van der Waals surface area contributed by atoms with Crippen LogP contribution in [0, 0.1) is 5.41 Å². The molecule has 1 spiro atoms. The number of aromatic nitrogens is 2. The molecule has 0 bridgehead atoms. The van der Waals surface area contributed by atoms with Crippen LogP contribution in [0.2, 0.25) is 0 Å². The first-order valence-electron chi connectivity index (χ1n) is 6.59. The number of ether oxygens (including phenoxy) is 2. The molecule has 1 aromatic rings. The minimum absolute atomic E-state index is 0.350. The standard InChI is InChI=1S/C13H19N3O2/c1-2-18-12-8-14-7-11(15-12)16-5-3-13(9-16)4-6-17-10-13/h7-8H,2-6,9-10H2,1H3. The van der Waals surface area contributed by atoms with E-state index < -0.39 is 0 Å².